The molecule has 1 fully saturated rings. The Kier molecular flexibility index (Phi) is 6.48. The minimum absolute atomic E-state index is 0.0131. The number of hydrogen-bond donors (Lipinski definition) is 2. The monoisotopic (exact) mass is 314 g/mol. The normalized spacial score (nSPS) is 19.6. The molecule has 0 radical (unpaired) electrons. The summed E-state index contributed by atoms with van der Waals surface area (Å²) in [6.45, 7) is 3.15. The predicted octanol–water partition coefficient (Wildman–Crippen LogP) is 0.890. The summed E-state index contributed by atoms with van der Waals surface area (Å²) < 4.78 is 1.66. The number of aryl methyl sites for hydroxylation is 1. The zero-order valence-corrected chi connectivity index (χ0v) is 12.9. The molecule has 1 atom stereocenters. The zero-order valence-electron chi connectivity index (χ0n) is 12.2. The van der Waals surface area contributed by atoms with Crippen LogP contribution in [0.4, 0.5) is 0 Å². The van der Waals surface area contributed by atoms with Gasteiger partial charge in [0.05, 0.1) is 17.8 Å². The largest absolute Gasteiger partial charge is 0.395 e. The average Bonchev–Trinajstić information content (AvgIpc) is 2.91. The topological polar surface area (TPSA) is 70.4 Å². The maximum Gasteiger partial charge on any atom is 0.221 e. The molecule has 1 saturated heterocycles. The lowest BCUT2D eigenvalue weighted by Gasteiger charge is -2.34. The Hall–Kier alpha value is -1.11. The average molecular weight is 315 g/mol. The van der Waals surface area contributed by atoms with Crippen molar-refractivity contribution in [2.75, 3.05) is 26.2 Å². The van der Waals surface area contributed by atoms with Crippen LogP contribution in [0.1, 0.15) is 25.7 Å². The molecule has 1 aromatic rings. The van der Waals surface area contributed by atoms with E-state index in [0.717, 1.165) is 19.5 Å². The molecule has 0 bridgehead atoms. The van der Waals surface area contributed by atoms with Crippen LogP contribution < -0.4 is 5.32 Å². The third-order valence-electron chi connectivity index (χ3n) is 3.85. The van der Waals surface area contributed by atoms with Crippen molar-refractivity contribution in [1.82, 2.24) is 20.0 Å². The summed E-state index contributed by atoms with van der Waals surface area (Å²) >= 11 is 5.76. The third kappa shape index (κ3) is 5.30. The van der Waals surface area contributed by atoms with Gasteiger partial charge in [0, 0.05) is 38.3 Å². The van der Waals surface area contributed by atoms with Gasteiger partial charge >= 0.3 is 0 Å². The fourth-order valence-corrected chi connectivity index (χ4v) is 2.82. The Morgan fingerprint density at radius 1 is 1.48 bits per heavy atom. The van der Waals surface area contributed by atoms with Gasteiger partial charge in [-0.15, -0.1) is 0 Å². The molecular weight excluding hydrogens is 292 g/mol. The molecule has 7 heteroatoms. The Balaban J connectivity index is 1.62. The summed E-state index contributed by atoms with van der Waals surface area (Å²) in [5.41, 5.74) is 0. The SMILES string of the molecule is O=C(CCn1cc(Cl)cn1)NCCN1CCCCC1CO. The maximum atomic E-state index is 11.8. The summed E-state index contributed by atoms with van der Waals surface area (Å²) in [5.74, 6) is 0.0131. The first-order valence-corrected chi connectivity index (χ1v) is 7.86. The van der Waals surface area contributed by atoms with Crippen LogP contribution >= 0.6 is 11.6 Å². The lowest BCUT2D eigenvalue weighted by atomic mass is 10.0. The van der Waals surface area contributed by atoms with Crippen LogP contribution in [-0.2, 0) is 11.3 Å². The van der Waals surface area contributed by atoms with Crippen LogP contribution in [-0.4, -0.2) is 58.0 Å². The highest BCUT2D eigenvalue weighted by atomic mass is 35.5. The molecule has 2 rings (SSSR count). The maximum absolute atomic E-state index is 11.8. The third-order valence-corrected chi connectivity index (χ3v) is 4.05. The van der Waals surface area contributed by atoms with E-state index in [1.807, 2.05) is 0 Å². The second kappa shape index (κ2) is 8.36. The molecule has 1 amide bonds. The van der Waals surface area contributed by atoms with E-state index in [4.69, 9.17) is 11.6 Å². The molecule has 1 aliphatic rings. The van der Waals surface area contributed by atoms with Crippen LogP contribution in [0.15, 0.2) is 12.4 Å². The summed E-state index contributed by atoms with van der Waals surface area (Å²) in [6, 6.07) is 0.252. The van der Waals surface area contributed by atoms with E-state index in [0.29, 0.717) is 24.5 Å². The number of hydrogen-bond acceptors (Lipinski definition) is 4. The summed E-state index contributed by atoms with van der Waals surface area (Å²) in [4.78, 5) is 14.0. The second-order valence-electron chi connectivity index (χ2n) is 5.39. The van der Waals surface area contributed by atoms with Gasteiger partial charge in [0.15, 0.2) is 0 Å². The Morgan fingerprint density at radius 3 is 3.05 bits per heavy atom. The predicted molar refractivity (Wildman–Crippen MR) is 81.2 cm³/mol. The van der Waals surface area contributed by atoms with Crippen LogP contribution in [0.2, 0.25) is 5.02 Å². The van der Waals surface area contributed by atoms with Gasteiger partial charge < -0.3 is 10.4 Å². The molecule has 1 aromatic heterocycles. The first-order valence-electron chi connectivity index (χ1n) is 7.48. The quantitative estimate of drug-likeness (QED) is 0.784. The number of amides is 1. The number of halogens is 1. The lowest BCUT2D eigenvalue weighted by molar-refractivity contribution is -0.121. The standard InChI is InChI=1S/C14H23ClN4O2/c15-12-9-17-19(10-12)7-4-14(21)16-5-8-18-6-2-1-3-13(18)11-20/h9-10,13,20H,1-8,11H2,(H,16,21). The first kappa shape index (κ1) is 16.3. The highest BCUT2D eigenvalue weighted by Crippen LogP contribution is 2.15. The zero-order chi connectivity index (χ0) is 15.1. The highest BCUT2D eigenvalue weighted by molar-refractivity contribution is 6.30. The van der Waals surface area contributed by atoms with E-state index in [-0.39, 0.29) is 18.6 Å². The smallest absolute Gasteiger partial charge is 0.221 e. The van der Waals surface area contributed by atoms with Crippen molar-refractivity contribution in [2.24, 2.45) is 0 Å². The van der Waals surface area contributed by atoms with Gasteiger partial charge in [-0.2, -0.15) is 5.10 Å². The van der Waals surface area contributed by atoms with Crippen molar-refractivity contribution < 1.29 is 9.90 Å². The molecule has 21 heavy (non-hydrogen) atoms. The molecule has 0 aliphatic carbocycles. The lowest BCUT2D eigenvalue weighted by Crippen LogP contribution is -2.45. The number of aliphatic hydroxyl groups excluding tert-OH is 1. The molecular formula is C14H23ClN4O2. The minimum Gasteiger partial charge on any atom is -0.395 e. The Labute approximate surface area is 130 Å². The summed E-state index contributed by atoms with van der Waals surface area (Å²) in [7, 11) is 0. The number of likely N-dealkylation sites (tertiary alicyclic amines) is 1. The first-order chi connectivity index (χ1) is 10.2. The second-order valence-corrected chi connectivity index (χ2v) is 5.83. The fraction of sp³-hybridized carbons (Fsp3) is 0.714. The van der Waals surface area contributed by atoms with Gasteiger partial charge in [0.2, 0.25) is 5.91 Å². The summed E-state index contributed by atoms with van der Waals surface area (Å²) in [6.07, 6.45) is 7.05. The number of aromatic nitrogens is 2. The van der Waals surface area contributed by atoms with Gasteiger partial charge in [-0.3, -0.25) is 14.4 Å². The van der Waals surface area contributed by atoms with E-state index >= 15 is 0 Å². The van der Waals surface area contributed by atoms with Crippen molar-refractivity contribution >= 4 is 17.5 Å². The van der Waals surface area contributed by atoms with Gasteiger partial charge in [-0.1, -0.05) is 18.0 Å². The summed E-state index contributed by atoms with van der Waals surface area (Å²) in [5, 5.41) is 16.9. The van der Waals surface area contributed by atoms with Crippen molar-refractivity contribution in [3.63, 3.8) is 0 Å². The van der Waals surface area contributed by atoms with E-state index in [1.165, 1.54) is 12.8 Å². The molecule has 0 spiro atoms. The van der Waals surface area contributed by atoms with Crippen molar-refractivity contribution in [2.45, 2.75) is 38.3 Å². The number of nitrogens with one attached hydrogen (secondary N) is 1. The minimum atomic E-state index is 0.0131. The van der Waals surface area contributed by atoms with E-state index < -0.39 is 0 Å². The van der Waals surface area contributed by atoms with Gasteiger partial charge in [-0.25, -0.2) is 0 Å². The van der Waals surface area contributed by atoms with Gasteiger partial charge in [0.25, 0.3) is 0 Å². The Bertz CT molecular complexity index is 452. The molecule has 0 saturated carbocycles. The van der Waals surface area contributed by atoms with Crippen LogP contribution in [0, 0.1) is 0 Å². The Morgan fingerprint density at radius 2 is 2.33 bits per heavy atom. The molecule has 0 aromatic carbocycles. The number of nitrogens with zero attached hydrogens (tertiary/aromatic N) is 3. The van der Waals surface area contributed by atoms with E-state index in [2.05, 4.69) is 15.3 Å². The molecule has 6 nitrogen and oxygen atoms in total. The van der Waals surface area contributed by atoms with Gasteiger partial charge in [-0.05, 0) is 19.4 Å². The van der Waals surface area contributed by atoms with E-state index in [1.54, 1.807) is 17.1 Å². The van der Waals surface area contributed by atoms with Crippen LogP contribution in [0.25, 0.3) is 0 Å². The van der Waals surface area contributed by atoms with Crippen molar-refractivity contribution in [3.8, 4) is 0 Å². The molecule has 2 heterocycles. The van der Waals surface area contributed by atoms with Crippen LogP contribution in [0.3, 0.4) is 0 Å². The highest BCUT2D eigenvalue weighted by Gasteiger charge is 2.20. The number of carbonyl (C=O) groups excluding carboxylic acids is 1. The number of rotatable bonds is 7. The fourth-order valence-electron chi connectivity index (χ4n) is 2.67. The molecule has 2 N–H and O–H groups in total. The molecule has 1 aliphatic heterocycles. The van der Waals surface area contributed by atoms with E-state index in [9.17, 15) is 9.90 Å². The van der Waals surface area contributed by atoms with Crippen LogP contribution in [0.5, 0.6) is 0 Å². The molecule has 118 valence electrons. The number of piperidine rings is 1. The van der Waals surface area contributed by atoms with Crippen molar-refractivity contribution in [1.29, 1.82) is 0 Å². The number of aliphatic hydroxyl groups is 1. The number of carbonyl (C=O) groups is 1. The van der Waals surface area contributed by atoms with Crippen molar-refractivity contribution in [3.05, 3.63) is 17.4 Å². The van der Waals surface area contributed by atoms with Gasteiger partial charge in [0.1, 0.15) is 0 Å². The molecule has 1 unspecified atom stereocenters.